The number of carbonyl (C=O) groups is 2. The van der Waals surface area contributed by atoms with Crippen LogP contribution >= 0.6 is 0 Å². The Morgan fingerprint density at radius 3 is 2.31 bits per heavy atom. The SMILES string of the molecule is CC[C@@]1(O)[C@@H](Nc2cccc(C(C)=O)c2)[C@H](N)[C@](CC)(NC(=O)N(C)C)[C@@]1(C)O. The van der Waals surface area contributed by atoms with Crippen molar-refractivity contribution in [2.75, 3.05) is 19.4 Å². The first-order chi connectivity index (χ1) is 13.4. The molecule has 1 fully saturated rings. The van der Waals surface area contributed by atoms with E-state index in [0.29, 0.717) is 17.7 Å². The number of carbonyl (C=O) groups excluding carboxylic acids is 2. The van der Waals surface area contributed by atoms with Gasteiger partial charge in [0.15, 0.2) is 5.78 Å². The molecule has 1 aromatic rings. The molecule has 8 nitrogen and oxygen atoms in total. The third kappa shape index (κ3) is 3.49. The van der Waals surface area contributed by atoms with Crippen molar-refractivity contribution in [3.8, 4) is 0 Å². The molecule has 0 aliphatic heterocycles. The van der Waals surface area contributed by atoms with Gasteiger partial charge < -0.3 is 31.5 Å². The van der Waals surface area contributed by atoms with Crippen molar-refractivity contribution in [2.24, 2.45) is 5.73 Å². The molecule has 29 heavy (non-hydrogen) atoms. The van der Waals surface area contributed by atoms with Gasteiger partial charge in [0.2, 0.25) is 0 Å². The van der Waals surface area contributed by atoms with Gasteiger partial charge in [-0.25, -0.2) is 4.79 Å². The first-order valence-electron chi connectivity index (χ1n) is 9.95. The third-order valence-corrected chi connectivity index (χ3v) is 6.58. The molecule has 1 saturated carbocycles. The summed E-state index contributed by atoms with van der Waals surface area (Å²) in [5.74, 6) is -0.0803. The summed E-state index contributed by atoms with van der Waals surface area (Å²) in [6.45, 7) is 6.58. The van der Waals surface area contributed by atoms with Crippen molar-refractivity contribution in [1.82, 2.24) is 10.2 Å². The predicted octanol–water partition coefficient (Wildman–Crippen LogP) is 1.32. The fraction of sp³-hybridized carbons (Fsp3) is 0.619. The second-order valence-electron chi connectivity index (χ2n) is 8.28. The Morgan fingerprint density at radius 2 is 1.83 bits per heavy atom. The first-order valence-corrected chi connectivity index (χ1v) is 9.95. The Balaban J connectivity index is 2.53. The quantitative estimate of drug-likeness (QED) is 0.453. The van der Waals surface area contributed by atoms with Crippen LogP contribution < -0.4 is 16.4 Å². The number of Topliss-reactive ketones (excluding diaryl/α,β-unsaturated/α-hetero) is 1. The van der Waals surface area contributed by atoms with Crippen LogP contribution in [-0.2, 0) is 0 Å². The highest BCUT2D eigenvalue weighted by Crippen LogP contribution is 2.50. The van der Waals surface area contributed by atoms with Crippen LogP contribution in [0.1, 0.15) is 50.9 Å². The van der Waals surface area contributed by atoms with Crippen molar-refractivity contribution >= 4 is 17.5 Å². The predicted molar refractivity (Wildman–Crippen MR) is 113 cm³/mol. The van der Waals surface area contributed by atoms with Crippen LogP contribution in [0, 0.1) is 0 Å². The molecule has 1 aromatic carbocycles. The Kier molecular flexibility index (Phi) is 6.32. The molecule has 2 amide bonds. The topological polar surface area (TPSA) is 128 Å². The number of nitrogens with two attached hydrogens (primary N) is 1. The molecule has 2 rings (SSSR count). The van der Waals surface area contributed by atoms with E-state index in [-0.39, 0.29) is 12.2 Å². The molecular weight excluding hydrogens is 372 g/mol. The number of urea groups is 1. The van der Waals surface area contributed by atoms with Crippen molar-refractivity contribution < 1.29 is 19.8 Å². The van der Waals surface area contributed by atoms with Gasteiger partial charge in [0.25, 0.3) is 0 Å². The Hall–Kier alpha value is -2.16. The lowest BCUT2D eigenvalue weighted by atomic mass is 9.73. The number of aliphatic hydroxyl groups is 2. The Bertz CT molecular complexity index is 782. The highest BCUT2D eigenvalue weighted by atomic mass is 16.4. The number of nitrogens with zero attached hydrogens (tertiary/aromatic N) is 1. The van der Waals surface area contributed by atoms with E-state index in [0.717, 1.165) is 0 Å². The van der Waals surface area contributed by atoms with Crippen molar-refractivity contribution in [2.45, 2.75) is 69.4 Å². The first kappa shape index (κ1) is 23.1. The summed E-state index contributed by atoms with van der Waals surface area (Å²) in [4.78, 5) is 25.6. The van der Waals surface area contributed by atoms with Gasteiger partial charge in [0, 0.05) is 25.3 Å². The number of hydrogen-bond acceptors (Lipinski definition) is 6. The maximum Gasteiger partial charge on any atom is 0.317 e. The van der Waals surface area contributed by atoms with Gasteiger partial charge in [0.1, 0.15) is 11.2 Å². The van der Waals surface area contributed by atoms with Crippen molar-refractivity contribution in [3.05, 3.63) is 29.8 Å². The molecule has 8 heteroatoms. The molecule has 0 radical (unpaired) electrons. The number of nitrogens with one attached hydrogen (secondary N) is 2. The van der Waals surface area contributed by atoms with Gasteiger partial charge in [-0.3, -0.25) is 4.79 Å². The zero-order valence-electron chi connectivity index (χ0n) is 18.1. The average Bonchev–Trinajstić information content (AvgIpc) is 2.79. The van der Waals surface area contributed by atoms with Gasteiger partial charge >= 0.3 is 6.03 Å². The maximum absolute atomic E-state index is 12.5. The van der Waals surface area contributed by atoms with Gasteiger partial charge in [-0.05, 0) is 38.8 Å². The summed E-state index contributed by atoms with van der Waals surface area (Å²) < 4.78 is 0. The molecule has 1 aliphatic rings. The van der Waals surface area contributed by atoms with Gasteiger partial charge in [-0.1, -0.05) is 26.0 Å². The minimum atomic E-state index is -1.72. The highest BCUT2D eigenvalue weighted by Gasteiger charge is 2.72. The molecule has 0 aromatic heterocycles. The largest absolute Gasteiger partial charge is 0.385 e. The molecule has 1 aliphatic carbocycles. The fourth-order valence-corrected chi connectivity index (χ4v) is 4.55. The van der Waals surface area contributed by atoms with Crippen LogP contribution in [0.25, 0.3) is 0 Å². The van der Waals surface area contributed by atoms with Crippen LogP contribution in [0.2, 0.25) is 0 Å². The molecule has 0 unspecified atom stereocenters. The number of amides is 2. The van der Waals surface area contributed by atoms with E-state index in [9.17, 15) is 19.8 Å². The maximum atomic E-state index is 12.5. The number of anilines is 1. The number of rotatable bonds is 6. The Labute approximate surface area is 172 Å². The molecule has 0 heterocycles. The Morgan fingerprint density at radius 1 is 1.21 bits per heavy atom. The van der Waals surface area contributed by atoms with Crippen molar-refractivity contribution in [3.63, 3.8) is 0 Å². The van der Waals surface area contributed by atoms with E-state index in [1.807, 2.05) is 6.92 Å². The molecule has 5 atom stereocenters. The number of benzene rings is 1. The van der Waals surface area contributed by atoms with E-state index >= 15 is 0 Å². The van der Waals surface area contributed by atoms with Crippen LogP contribution in [0.4, 0.5) is 10.5 Å². The average molecular weight is 407 g/mol. The molecule has 6 N–H and O–H groups in total. The van der Waals surface area contributed by atoms with E-state index < -0.39 is 34.9 Å². The number of hydrogen-bond donors (Lipinski definition) is 5. The summed E-state index contributed by atoms with van der Waals surface area (Å²) in [7, 11) is 3.20. The monoisotopic (exact) mass is 406 g/mol. The van der Waals surface area contributed by atoms with E-state index in [2.05, 4.69) is 10.6 Å². The lowest BCUT2D eigenvalue weighted by molar-refractivity contribution is -0.155. The van der Waals surface area contributed by atoms with Gasteiger partial charge in [0.05, 0.1) is 17.6 Å². The minimum absolute atomic E-state index is 0.0803. The van der Waals surface area contributed by atoms with Crippen LogP contribution in [0.15, 0.2) is 24.3 Å². The summed E-state index contributed by atoms with van der Waals surface area (Å²) >= 11 is 0. The van der Waals surface area contributed by atoms with E-state index in [1.165, 1.54) is 18.7 Å². The highest BCUT2D eigenvalue weighted by molar-refractivity contribution is 5.94. The molecule has 0 bridgehead atoms. The minimum Gasteiger partial charge on any atom is -0.385 e. The summed E-state index contributed by atoms with van der Waals surface area (Å²) in [6, 6.07) is 4.92. The summed E-state index contributed by atoms with van der Waals surface area (Å²) in [5.41, 5.74) is 3.12. The van der Waals surface area contributed by atoms with Crippen molar-refractivity contribution in [1.29, 1.82) is 0 Å². The lowest BCUT2D eigenvalue weighted by Gasteiger charge is -2.47. The zero-order valence-corrected chi connectivity index (χ0v) is 18.1. The smallest absolute Gasteiger partial charge is 0.317 e. The van der Waals surface area contributed by atoms with Crippen LogP contribution in [0.5, 0.6) is 0 Å². The van der Waals surface area contributed by atoms with Crippen LogP contribution in [0.3, 0.4) is 0 Å². The number of ketones is 1. The second kappa shape index (κ2) is 7.93. The summed E-state index contributed by atoms with van der Waals surface area (Å²) in [6.07, 6.45) is 0.520. The fourth-order valence-electron chi connectivity index (χ4n) is 4.55. The zero-order chi connectivity index (χ0) is 22.2. The standard InChI is InChI=1S/C21H34N4O4/c1-7-20(24-18(27)25(5)6)16(22)17(21(29,8-2)19(20,4)28)23-15-11-9-10-14(12-15)13(3)26/h9-12,16-17,23,28-29H,7-8,22H2,1-6H3,(H,24,27)/t16-,17-,19+,20-,21+/m0/s1. The third-order valence-electron chi connectivity index (χ3n) is 6.58. The van der Waals surface area contributed by atoms with E-state index in [4.69, 9.17) is 5.73 Å². The van der Waals surface area contributed by atoms with E-state index in [1.54, 1.807) is 45.3 Å². The summed E-state index contributed by atoms with van der Waals surface area (Å²) in [5, 5.41) is 29.2. The van der Waals surface area contributed by atoms with Gasteiger partial charge in [-0.15, -0.1) is 0 Å². The molecule has 0 spiro atoms. The van der Waals surface area contributed by atoms with Gasteiger partial charge in [-0.2, -0.15) is 0 Å². The molecular formula is C21H34N4O4. The molecule has 162 valence electrons. The molecule has 0 saturated heterocycles. The second-order valence-corrected chi connectivity index (χ2v) is 8.28. The van der Waals surface area contributed by atoms with Crippen LogP contribution in [-0.4, -0.2) is 69.8 Å². The lowest BCUT2D eigenvalue weighted by Crippen LogP contribution is -2.71. The normalized spacial score (nSPS) is 34.0.